The maximum atomic E-state index is 6.64. The molecule has 4 aromatic rings. The van der Waals surface area contributed by atoms with Crippen LogP contribution >= 0.6 is 23.2 Å². The lowest BCUT2D eigenvalue weighted by atomic mass is 10.0. The molecular weight excluding hydrogens is 443 g/mol. The molecule has 2 heterocycles. The molecule has 0 N–H and O–H groups in total. The van der Waals surface area contributed by atoms with Crippen LogP contribution < -0.4 is 0 Å². The molecule has 2 aromatic heterocycles. The highest BCUT2D eigenvalue weighted by atomic mass is 35.5. The Balaban J connectivity index is 1.58. The van der Waals surface area contributed by atoms with Crippen molar-refractivity contribution >= 4 is 42.3 Å². The molecule has 0 amide bonds. The normalized spacial score (nSPS) is 11.9. The van der Waals surface area contributed by atoms with Gasteiger partial charge in [0.15, 0.2) is 0 Å². The Labute approximate surface area is 194 Å². The molecule has 0 fully saturated rings. The molecule has 160 valence electrons. The van der Waals surface area contributed by atoms with Gasteiger partial charge in [0.25, 0.3) is 0 Å². The van der Waals surface area contributed by atoms with Gasteiger partial charge in [-0.1, -0.05) is 97.4 Å². The van der Waals surface area contributed by atoms with Crippen LogP contribution in [0.25, 0.3) is 33.4 Å². The second-order valence-corrected chi connectivity index (χ2v) is 15.3. The minimum atomic E-state index is -1.13. The Hall–Kier alpha value is -2.11. The summed E-state index contributed by atoms with van der Waals surface area (Å²) in [6, 6.07) is 23.5. The predicted molar refractivity (Wildman–Crippen MR) is 135 cm³/mol. The number of hydrogen-bond acceptors (Lipinski definition) is 2. The zero-order chi connectivity index (χ0) is 22.0. The maximum Gasteiger partial charge on any atom is 0.124 e. The van der Waals surface area contributed by atoms with Gasteiger partial charge in [0.2, 0.25) is 0 Å². The number of hydrogen-bond donors (Lipinski definition) is 0. The van der Waals surface area contributed by atoms with E-state index in [1.54, 1.807) is 0 Å². The average molecular weight is 469 g/mol. The maximum absolute atomic E-state index is 6.64. The minimum absolute atomic E-state index is 0.399. The lowest BCUT2D eigenvalue weighted by Gasteiger charge is -2.16. The van der Waals surface area contributed by atoms with Crippen molar-refractivity contribution in [2.45, 2.75) is 32.4 Å². The zero-order valence-corrected chi connectivity index (χ0v) is 20.5. The van der Waals surface area contributed by atoms with E-state index >= 15 is 0 Å². The monoisotopic (exact) mass is 468 g/mol. The Kier molecular flexibility index (Phi) is 6.54. The van der Waals surface area contributed by atoms with E-state index in [1.807, 2.05) is 34.9 Å². The standard InChI is InChI=1S/C25H26Cl2N2OSi/c1-31(2,3)14-13-30-17-29-23-15-21(26)25(28-22(23)16-24(29)27)20-11-9-19(10-12-20)18-7-5-4-6-8-18/h4-12,15-16H,13-14,17H2,1-3H3. The van der Waals surface area contributed by atoms with Crippen molar-refractivity contribution in [2.24, 2.45) is 0 Å². The van der Waals surface area contributed by atoms with Crippen molar-refractivity contribution in [3.63, 3.8) is 0 Å². The molecule has 0 radical (unpaired) electrons. The van der Waals surface area contributed by atoms with Crippen LogP contribution in [0.3, 0.4) is 0 Å². The molecule has 0 unspecified atom stereocenters. The SMILES string of the molecule is C[Si](C)(C)CCOCn1c(Cl)cc2nc(-c3ccc(-c4ccccc4)cc3)c(Cl)cc21. The summed E-state index contributed by atoms with van der Waals surface area (Å²) >= 11 is 13.1. The number of fused-ring (bicyclic) bond motifs is 1. The van der Waals surface area contributed by atoms with Crippen LogP contribution in [0.2, 0.25) is 35.9 Å². The first-order chi connectivity index (χ1) is 14.8. The summed E-state index contributed by atoms with van der Waals surface area (Å²) in [5, 5.41) is 1.20. The number of benzene rings is 2. The lowest BCUT2D eigenvalue weighted by Crippen LogP contribution is -2.22. The van der Waals surface area contributed by atoms with Crippen molar-refractivity contribution in [3.8, 4) is 22.4 Å². The number of pyridine rings is 1. The molecule has 2 aromatic carbocycles. The first kappa shape index (κ1) is 22.1. The van der Waals surface area contributed by atoms with Crippen molar-refractivity contribution in [3.05, 3.63) is 76.9 Å². The average Bonchev–Trinajstić information content (AvgIpc) is 3.05. The minimum Gasteiger partial charge on any atom is -0.361 e. The molecule has 3 nitrogen and oxygen atoms in total. The van der Waals surface area contributed by atoms with Crippen LogP contribution in [0.5, 0.6) is 0 Å². The van der Waals surface area contributed by atoms with Crippen LogP contribution in [0.1, 0.15) is 0 Å². The highest BCUT2D eigenvalue weighted by Crippen LogP contribution is 2.33. The van der Waals surface area contributed by atoms with Gasteiger partial charge in [-0.15, -0.1) is 0 Å². The van der Waals surface area contributed by atoms with Crippen LogP contribution in [-0.4, -0.2) is 24.2 Å². The van der Waals surface area contributed by atoms with Gasteiger partial charge in [-0.05, 0) is 23.2 Å². The number of nitrogens with zero attached hydrogens (tertiary/aromatic N) is 2. The van der Waals surface area contributed by atoms with Crippen molar-refractivity contribution in [1.82, 2.24) is 9.55 Å². The van der Waals surface area contributed by atoms with Gasteiger partial charge in [0.1, 0.15) is 11.9 Å². The molecule has 0 aliphatic rings. The van der Waals surface area contributed by atoms with E-state index in [9.17, 15) is 0 Å². The summed E-state index contributed by atoms with van der Waals surface area (Å²) in [4.78, 5) is 4.81. The smallest absolute Gasteiger partial charge is 0.124 e. The Morgan fingerprint density at radius 3 is 2.19 bits per heavy atom. The Morgan fingerprint density at radius 1 is 0.871 bits per heavy atom. The van der Waals surface area contributed by atoms with E-state index in [0.29, 0.717) is 16.9 Å². The van der Waals surface area contributed by atoms with Crippen LogP contribution in [0.4, 0.5) is 0 Å². The zero-order valence-electron chi connectivity index (χ0n) is 18.0. The van der Waals surface area contributed by atoms with Crippen LogP contribution in [-0.2, 0) is 11.5 Å². The van der Waals surface area contributed by atoms with E-state index in [1.165, 1.54) is 5.56 Å². The first-order valence-electron chi connectivity index (χ1n) is 10.4. The third-order valence-corrected chi connectivity index (χ3v) is 7.58. The lowest BCUT2D eigenvalue weighted by molar-refractivity contribution is 0.0904. The largest absolute Gasteiger partial charge is 0.361 e. The molecule has 0 saturated carbocycles. The van der Waals surface area contributed by atoms with Gasteiger partial charge in [-0.2, -0.15) is 0 Å². The third kappa shape index (κ3) is 5.21. The second-order valence-electron chi connectivity index (χ2n) is 8.91. The van der Waals surface area contributed by atoms with E-state index in [2.05, 4.69) is 56.0 Å². The van der Waals surface area contributed by atoms with Gasteiger partial charge in [0.05, 0.1) is 21.7 Å². The molecule has 0 saturated heterocycles. The molecule has 0 spiro atoms. The fourth-order valence-corrected chi connectivity index (χ4v) is 4.70. The third-order valence-electron chi connectivity index (χ3n) is 5.27. The van der Waals surface area contributed by atoms with Gasteiger partial charge in [-0.25, -0.2) is 4.98 Å². The highest BCUT2D eigenvalue weighted by molar-refractivity contribution is 6.76. The van der Waals surface area contributed by atoms with Gasteiger partial charge in [-0.3, -0.25) is 0 Å². The van der Waals surface area contributed by atoms with Crippen LogP contribution in [0, 0.1) is 0 Å². The molecule has 0 aliphatic carbocycles. The number of halogens is 2. The second kappa shape index (κ2) is 9.17. The fraction of sp³-hybridized carbons (Fsp3) is 0.240. The summed E-state index contributed by atoms with van der Waals surface area (Å²) in [6.07, 6.45) is 0. The van der Waals surface area contributed by atoms with E-state index in [0.717, 1.165) is 40.5 Å². The molecule has 0 aliphatic heterocycles. The Bertz CT molecular complexity index is 1180. The predicted octanol–water partition coefficient (Wildman–Crippen LogP) is 7.99. The summed E-state index contributed by atoms with van der Waals surface area (Å²) in [6.45, 7) is 8.15. The molecule has 4 rings (SSSR count). The van der Waals surface area contributed by atoms with E-state index in [-0.39, 0.29) is 0 Å². The van der Waals surface area contributed by atoms with Crippen molar-refractivity contribution in [1.29, 1.82) is 0 Å². The van der Waals surface area contributed by atoms with E-state index < -0.39 is 8.07 Å². The quantitative estimate of drug-likeness (QED) is 0.203. The molecule has 0 atom stereocenters. The first-order valence-corrected chi connectivity index (χ1v) is 14.9. The summed E-state index contributed by atoms with van der Waals surface area (Å²) in [7, 11) is -1.13. The number of ether oxygens (including phenoxy) is 1. The number of rotatable bonds is 7. The molecule has 6 heteroatoms. The highest BCUT2D eigenvalue weighted by Gasteiger charge is 2.15. The van der Waals surface area contributed by atoms with Crippen LogP contribution in [0.15, 0.2) is 66.7 Å². The van der Waals surface area contributed by atoms with Crippen molar-refractivity contribution < 1.29 is 4.74 Å². The van der Waals surface area contributed by atoms with Gasteiger partial charge in [0, 0.05) is 26.3 Å². The topological polar surface area (TPSA) is 27.1 Å². The molecule has 31 heavy (non-hydrogen) atoms. The Morgan fingerprint density at radius 2 is 1.52 bits per heavy atom. The summed E-state index contributed by atoms with van der Waals surface area (Å²) in [5.41, 5.74) is 5.76. The van der Waals surface area contributed by atoms with Gasteiger partial charge < -0.3 is 9.30 Å². The van der Waals surface area contributed by atoms with Crippen molar-refractivity contribution in [2.75, 3.05) is 6.61 Å². The number of aromatic nitrogens is 2. The van der Waals surface area contributed by atoms with Gasteiger partial charge >= 0.3 is 0 Å². The molecular formula is C25H26Cl2N2OSi. The molecule has 0 bridgehead atoms. The fourth-order valence-electron chi connectivity index (χ4n) is 3.44. The summed E-state index contributed by atoms with van der Waals surface area (Å²) in [5.74, 6) is 0. The summed E-state index contributed by atoms with van der Waals surface area (Å²) < 4.78 is 7.81. The van der Waals surface area contributed by atoms with E-state index in [4.69, 9.17) is 32.9 Å².